The van der Waals surface area contributed by atoms with E-state index in [-0.39, 0.29) is 42.4 Å². The fourth-order valence-corrected chi connectivity index (χ4v) is 9.56. The molecule has 340 valence electrons. The Morgan fingerprint density at radius 3 is 2.44 bits per heavy atom. The van der Waals surface area contributed by atoms with E-state index in [1.165, 1.54) is 14.2 Å². The summed E-state index contributed by atoms with van der Waals surface area (Å²) < 4.78 is 21.8. The van der Waals surface area contributed by atoms with Crippen molar-refractivity contribution < 1.29 is 38.1 Å². The lowest BCUT2D eigenvalue weighted by molar-refractivity contribution is -0.141. The molecule has 2 fully saturated rings. The molecule has 8 rings (SSSR count). The van der Waals surface area contributed by atoms with Crippen LogP contribution in [0.3, 0.4) is 0 Å². The number of rotatable bonds is 12. The van der Waals surface area contributed by atoms with Crippen molar-refractivity contribution in [3.8, 4) is 28.1 Å². The summed E-state index contributed by atoms with van der Waals surface area (Å²) in [5, 5.41) is 7.56. The first kappa shape index (κ1) is 44.4. The number of carbonyl (C=O) groups is 4. The van der Waals surface area contributed by atoms with Gasteiger partial charge in [0.2, 0.25) is 11.8 Å². The topological polar surface area (TPSA) is 193 Å². The van der Waals surface area contributed by atoms with Gasteiger partial charge in [-0.05, 0) is 98.2 Å². The second-order valence-corrected chi connectivity index (χ2v) is 18.2. The highest BCUT2D eigenvalue weighted by molar-refractivity contribution is 6.07. The maximum Gasteiger partial charge on any atom is 0.407 e. The molecule has 5 aromatic rings. The van der Waals surface area contributed by atoms with Crippen LogP contribution < -0.4 is 15.4 Å². The van der Waals surface area contributed by atoms with E-state index in [1.807, 2.05) is 58.7 Å². The Morgan fingerprint density at radius 1 is 0.969 bits per heavy atom. The number of methoxy groups -OCH3 is 2. The van der Waals surface area contributed by atoms with E-state index >= 15 is 0 Å². The van der Waals surface area contributed by atoms with Crippen LogP contribution in [-0.4, -0.2) is 105 Å². The Bertz CT molecular complexity index is 2560. The van der Waals surface area contributed by atoms with Crippen LogP contribution in [0.4, 0.5) is 9.59 Å². The Morgan fingerprint density at radius 2 is 1.72 bits per heavy atom. The highest BCUT2D eigenvalue weighted by Gasteiger charge is 2.48. The first-order chi connectivity index (χ1) is 30.7. The van der Waals surface area contributed by atoms with E-state index < -0.39 is 29.7 Å². The molecule has 3 aliphatic rings. The van der Waals surface area contributed by atoms with Crippen molar-refractivity contribution in [3.05, 3.63) is 65.9 Å². The molecule has 16 heteroatoms. The van der Waals surface area contributed by atoms with Crippen LogP contribution in [0.1, 0.15) is 96.9 Å². The number of likely N-dealkylation sites (tertiary alicyclic amines) is 1. The summed E-state index contributed by atoms with van der Waals surface area (Å²) in [6.45, 7) is 13.6. The SMILES string of the molecule is CC[C@H](C)N(Cc1nc2ccc3cc4c(cc3c2[nH]1)OCc1cc(-c2cnc([C@@H]3CC[C@H](C)N3C(=O)[C@@H](NC(=O)OC)C3(C)CCOCC3)[nH]2)ccc1-4)C(=O)[C@@H](NC(=O)OC)C(C)C. The third-order valence-corrected chi connectivity index (χ3v) is 13.7. The summed E-state index contributed by atoms with van der Waals surface area (Å²) in [5.41, 5.74) is 6.02. The summed E-state index contributed by atoms with van der Waals surface area (Å²) in [6, 6.07) is 12.6. The zero-order valence-corrected chi connectivity index (χ0v) is 38.0. The van der Waals surface area contributed by atoms with Gasteiger partial charge in [-0.1, -0.05) is 45.9 Å². The Kier molecular flexibility index (Phi) is 12.6. The number of hydrogen-bond acceptors (Lipinski definition) is 10. The molecule has 0 unspecified atom stereocenters. The van der Waals surface area contributed by atoms with Gasteiger partial charge in [-0.25, -0.2) is 19.6 Å². The lowest BCUT2D eigenvalue weighted by Crippen LogP contribution is -2.58. The predicted molar refractivity (Wildman–Crippen MR) is 241 cm³/mol. The van der Waals surface area contributed by atoms with Crippen LogP contribution in [0.5, 0.6) is 5.75 Å². The maximum atomic E-state index is 14.5. The van der Waals surface area contributed by atoms with Gasteiger partial charge in [0.05, 0.1) is 49.7 Å². The Hall–Kier alpha value is -6.16. The van der Waals surface area contributed by atoms with E-state index in [1.54, 1.807) is 4.90 Å². The second kappa shape index (κ2) is 18.1. The van der Waals surface area contributed by atoms with E-state index in [0.29, 0.717) is 44.3 Å². The van der Waals surface area contributed by atoms with Gasteiger partial charge in [-0.3, -0.25) is 9.59 Å². The number of carbonyl (C=O) groups excluding carboxylic acids is 4. The van der Waals surface area contributed by atoms with Crippen molar-refractivity contribution >= 4 is 45.8 Å². The normalized spacial score (nSPS) is 19.3. The zero-order chi connectivity index (χ0) is 45.4. The molecule has 5 atom stereocenters. The van der Waals surface area contributed by atoms with Gasteiger partial charge < -0.3 is 49.3 Å². The molecular weight excluding hydrogens is 817 g/mol. The van der Waals surface area contributed by atoms with Crippen molar-refractivity contribution in [2.45, 2.75) is 117 Å². The van der Waals surface area contributed by atoms with Crippen molar-refractivity contribution in [1.29, 1.82) is 0 Å². The molecular formula is C48H60N8O8. The van der Waals surface area contributed by atoms with Crippen molar-refractivity contribution in [3.63, 3.8) is 0 Å². The summed E-state index contributed by atoms with van der Waals surface area (Å²) in [4.78, 5) is 73.5. The number of H-pyrrole nitrogens is 2. The van der Waals surface area contributed by atoms with Crippen molar-refractivity contribution in [1.82, 2.24) is 40.4 Å². The summed E-state index contributed by atoms with van der Waals surface area (Å²) in [5.74, 6) is 1.62. The molecule has 3 aromatic carbocycles. The number of nitrogens with one attached hydrogen (secondary N) is 4. The van der Waals surface area contributed by atoms with Crippen LogP contribution in [0.15, 0.2) is 48.7 Å². The van der Waals surface area contributed by atoms with E-state index in [0.717, 1.165) is 74.8 Å². The molecule has 0 radical (unpaired) electrons. The standard InChI is InChI=1S/C48H60N8O8/c1-9-27(4)55(44(57)40(26(2)3)53-46(59)61-7)24-39-50-35-14-12-29-21-34-32-13-11-30(20-31(32)25-64-38(34)22-33(29)41(35)52-39)36-23-49-43(51-36)37-15-10-28(5)56(37)45(58)42(54-47(60)62-8)48(6)16-18-63-19-17-48/h11-14,20-23,26-28,37,40,42H,9-10,15-19,24-25H2,1-8H3,(H,49,51)(H,50,52)(H,53,59)(H,54,60)/t27-,28-,37-,40-,42+/m0/s1. The minimum atomic E-state index is -0.769. The number of aromatic nitrogens is 4. The lowest BCUT2D eigenvalue weighted by Gasteiger charge is -2.42. The highest BCUT2D eigenvalue weighted by Crippen LogP contribution is 2.44. The average Bonchev–Trinajstić information content (AvgIpc) is 4.06. The number of benzene rings is 3. The van der Waals surface area contributed by atoms with Gasteiger partial charge in [-0.15, -0.1) is 0 Å². The Labute approximate surface area is 373 Å². The molecule has 3 aliphatic heterocycles. The van der Waals surface area contributed by atoms with Crippen LogP contribution >= 0.6 is 0 Å². The van der Waals surface area contributed by atoms with Crippen LogP contribution in [0, 0.1) is 11.3 Å². The number of fused-ring (bicyclic) bond motifs is 6. The average molecular weight is 877 g/mol. The molecule has 0 saturated carbocycles. The predicted octanol–water partition coefficient (Wildman–Crippen LogP) is 7.77. The molecule has 5 heterocycles. The minimum absolute atomic E-state index is 0.0450. The summed E-state index contributed by atoms with van der Waals surface area (Å²) in [6.07, 6.45) is 4.11. The van der Waals surface area contributed by atoms with Gasteiger partial charge in [0.25, 0.3) is 0 Å². The summed E-state index contributed by atoms with van der Waals surface area (Å²) >= 11 is 0. The first-order valence-corrected chi connectivity index (χ1v) is 22.4. The van der Waals surface area contributed by atoms with Crippen molar-refractivity contribution in [2.24, 2.45) is 11.3 Å². The molecule has 2 aromatic heterocycles. The quantitative estimate of drug-likeness (QED) is 0.0963. The molecule has 4 N–H and O–H groups in total. The highest BCUT2D eigenvalue weighted by atomic mass is 16.5. The number of nitrogens with zero attached hydrogens (tertiary/aromatic N) is 4. The molecule has 0 aliphatic carbocycles. The number of alkyl carbamates (subject to hydrolysis) is 2. The third-order valence-electron chi connectivity index (χ3n) is 13.7. The number of ether oxygens (including phenoxy) is 4. The van der Waals surface area contributed by atoms with Crippen molar-refractivity contribution in [2.75, 3.05) is 27.4 Å². The fourth-order valence-electron chi connectivity index (χ4n) is 9.56. The minimum Gasteiger partial charge on any atom is -0.488 e. The largest absolute Gasteiger partial charge is 0.488 e. The van der Waals surface area contributed by atoms with Gasteiger partial charge in [-0.2, -0.15) is 0 Å². The molecule has 0 spiro atoms. The van der Waals surface area contributed by atoms with E-state index in [4.69, 9.17) is 28.9 Å². The van der Waals surface area contributed by atoms with E-state index in [9.17, 15) is 19.2 Å². The second-order valence-electron chi connectivity index (χ2n) is 18.2. The molecule has 16 nitrogen and oxygen atoms in total. The zero-order valence-electron chi connectivity index (χ0n) is 38.0. The number of amides is 4. The van der Waals surface area contributed by atoms with Gasteiger partial charge in [0, 0.05) is 41.7 Å². The number of imidazole rings is 2. The Balaban J connectivity index is 1.03. The van der Waals surface area contributed by atoms with Gasteiger partial charge in [0.1, 0.15) is 36.1 Å². The lowest BCUT2D eigenvalue weighted by atomic mass is 9.75. The van der Waals surface area contributed by atoms with Crippen LogP contribution in [0.2, 0.25) is 0 Å². The van der Waals surface area contributed by atoms with Gasteiger partial charge in [0.15, 0.2) is 0 Å². The smallest absolute Gasteiger partial charge is 0.407 e. The maximum absolute atomic E-state index is 14.5. The summed E-state index contributed by atoms with van der Waals surface area (Å²) in [7, 11) is 2.60. The first-order valence-electron chi connectivity index (χ1n) is 22.4. The molecule has 64 heavy (non-hydrogen) atoms. The van der Waals surface area contributed by atoms with Crippen LogP contribution in [0.25, 0.3) is 44.2 Å². The monoisotopic (exact) mass is 876 g/mol. The molecule has 0 bridgehead atoms. The molecule has 2 saturated heterocycles. The van der Waals surface area contributed by atoms with Crippen LogP contribution in [-0.2, 0) is 37.0 Å². The van der Waals surface area contributed by atoms with E-state index in [2.05, 4.69) is 57.0 Å². The fraction of sp³-hybridized carbons (Fsp3) is 0.500. The number of aromatic amines is 2. The molecule has 4 amide bonds. The third kappa shape index (κ3) is 8.47. The number of hydrogen-bond donors (Lipinski definition) is 4. The van der Waals surface area contributed by atoms with Gasteiger partial charge >= 0.3 is 12.2 Å².